The molecular formula is C7H14BNO3. The fraction of sp³-hybridized carbons (Fsp3) is 0.857. The van der Waals surface area contributed by atoms with Crippen LogP contribution in [0.2, 0.25) is 0 Å². The van der Waals surface area contributed by atoms with E-state index in [1.54, 1.807) is 0 Å². The van der Waals surface area contributed by atoms with Crippen LogP contribution in [-0.4, -0.2) is 55.9 Å². The summed E-state index contributed by atoms with van der Waals surface area (Å²) in [6.07, 6.45) is 1.71. The van der Waals surface area contributed by atoms with E-state index in [9.17, 15) is 4.79 Å². The predicted octanol–water partition coefficient (Wildman–Crippen LogP) is -1.39. The van der Waals surface area contributed by atoms with Crippen molar-refractivity contribution in [3.8, 4) is 0 Å². The summed E-state index contributed by atoms with van der Waals surface area (Å²) >= 11 is 0. The van der Waals surface area contributed by atoms with E-state index >= 15 is 0 Å². The zero-order valence-electron chi connectivity index (χ0n) is 7.11. The van der Waals surface area contributed by atoms with Gasteiger partial charge in [-0.2, -0.15) is 0 Å². The molecule has 1 aliphatic rings. The van der Waals surface area contributed by atoms with Crippen molar-refractivity contribution in [3.63, 3.8) is 0 Å². The molecule has 0 aromatic rings. The first-order valence-electron chi connectivity index (χ1n) is 4.25. The molecule has 1 heterocycles. The van der Waals surface area contributed by atoms with Crippen LogP contribution in [0.3, 0.4) is 0 Å². The zero-order chi connectivity index (χ0) is 8.81. The van der Waals surface area contributed by atoms with Gasteiger partial charge in [0.15, 0.2) is 0 Å². The van der Waals surface area contributed by atoms with Crippen molar-refractivity contribution in [2.24, 2.45) is 0 Å². The Hall–Kier alpha value is -0.385. The Morgan fingerprint density at radius 1 is 1.75 bits per heavy atom. The van der Waals surface area contributed by atoms with Gasteiger partial charge in [-0.25, -0.2) is 0 Å². The summed E-state index contributed by atoms with van der Waals surface area (Å²) in [5.74, 6) is 0. The Balaban J connectivity index is 2.35. The molecule has 0 radical (unpaired) electrons. The molecule has 1 saturated heterocycles. The SMILES string of the molecule is O=CBN1CCCOC(CO)C1. The first-order valence-corrected chi connectivity index (χ1v) is 4.25. The van der Waals surface area contributed by atoms with Crippen LogP contribution < -0.4 is 0 Å². The first kappa shape index (κ1) is 9.70. The quantitative estimate of drug-likeness (QED) is 0.419. The first-order chi connectivity index (χ1) is 5.86. The van der Waals surface area contributed by atoms with Crippen LogP contribution >= 0.6 is 0 Å². The van der Waals surface area contributed by atoms with E-state index in [-0.39, 0.29) is 12.7 Å². The zero-order valence-corrected chi connectivity index (χ0v) is 7.11. The molecule has 5 heteroatoms. The number of aliphatic hydroxyl groups is 1. The van der Waals surface area contributed by atoms with Crippen molar-refractivity contribution in [2.75, 3.05) is 26.3 Å². The Kier molecular flexibility index (Phi) is 4.28. The summed E-state index contributed by atoms with van der Waals surface area (Å²) in [5, 5.41) is 8.86. The number of ether oxygens (including phenoxy) is 1. The lowest BCUT2D eigenvalue weighted by Crippen LogP contribution is -2.36. The minimum atomic E-state index is -0.118. The minimum absolute atomic E-state index is 0.0371. The summed E-state index contributed by atoms with van der Waals surface area (Å²) in [5.41, 5.74) is 0. The molecule has 0 aromatic carbocycles. The monoisotopic (exact) mass is 171 g/mol. The molecule has 0 amide bonds. The van der Waals surface area contributed by atoms with Gasteiger partial charge in [-0.05, 0) is 13.0 Å². The fourth-order valence-electron chi connectivity index (χ4n) is 1.35. The number of nitrogens with zero attached hydrogens (tertiary/aromatic N) is 1. The Bertz CT molecular complexity index is 145. The van der Waals surface area contributed by atoms with Crippen LogP contribution in [0.15, 0.2) is 0 Å². The van der Waals surface area contributed by atoms with Crippen molar-refractivity contribution in [1.29, 1.82) is 0 Å². The van der Waals surface area contributed by atoms with E-state index in [0.29, 0.717) is 20.6 Å². The third kappa shape index (κ3) is 2.93. The largest absolute Gasteiger partial charge is 0.394 e. The van der Waals surface area contributed by atoms with E-state index in [4.69, 9.17) is 9.84 Å². The number of carbonyl (C=O) groups is 1. The van der Waals surface area contributed by atoms with Gasteiger partial charge < -0.3 is 19.4 Å². The highest BCUT2D eigenvalue weighted by molar-refractivity contribution is 6.64. The summed E-state index contributed by atoms with van der Waals surface area (Å²) in [7, 11) is 0.444. The van der Waals surface area contributed by atoms with Crippen LogP contribution in [0.1, 0.15) is 6.42 Å². The highest BCUT2D eigenvalue weighted by Crippen LogP contribution is 2.03. The Morgan fingerprint density at radius 2 is 2.58 bits per heavy atom. The number of hydrogen-bond donors (Lipinski definition) is 1. The molecule has 0 aliphatic carbocycles. The average Bonchev–Trinajstić information content (AvgIpc) is 2.30. The molecule has 68 valence electrons. The van der Waals surface area contributed by atoms with Gasteiger partial charge in [-0.3, -0.25) is 0 Å². The molecule has 0 saturated carbocycles. The lowest BCUT2D eigenvalue weighted by Gasteiger charge is -2.19. The van der Waals surface area contributed by atoms with Crippen molar-refractivity contribution in [3.05, 3.63) is 0 Å². The molecule has 0 spiro atoms. The normalized spacial score (nSPS) is 26.2. The van der Waals surface area contributed by atoms with Gasteiger partial charge in [0.1, 0.15) is 0 Å². The lowest BCUT2D eigenvalue weighted by atomic mass is 9.94. The Labute approximate surface area is 72.8 Å². The topological polar surface area (TPSA) is 49.8 Å². The lowest BCUT2D eigenvalue weighted by molar-refractivity contribution is 0.0199. The highest BCUT2D eigenvalue weighted by Gasteiger charge is 2.17. The van der Waals surface area contributed by atoms with Gasteiger partial charge in [0.2, 0.25) is 0 Å². The van der Waals surface area contributed by atoms with Gasteiger partial charge in [0.25, 0.3) is 7.41 Å². The van der Waals surface area contributed by atoms with Gasteiger partial charge in [-0.15, -0.1) is 0 Å². The van der Waals surface area contributed by atoms with Crippen LogP contribution in [0, 0.1) is 0 Å². The van der Waals surface area contributed by atoms with Crippen LogP contribution in [0.4, 0.5) is 0 Å². The average molecular weight is 171 g/mol. The molecule has 1 fully saturated rings. The van der Waals surface area contributed by atoms with Crippen molar-refractivity contribution >= 4 is 13.6 Å². The molecule has 0 aromatic heterocycles. The second kappa shape index (κ2) is 5.29. The van der Waals surface area contributed by atoms with Crippen LogP contribution in [0.25, 0.3) is 0 Å². The van der Waals surface area contributed by atoms with Crippen LogP contribution in [0.5, 0.6) is 0 Å². The molecule has 1 rings (SSSR count). The number of rotatable bonds is 3. The molecule has 1 aliphatic heterocycles. The highest BCUT2D eigenvalue weighted by atomic mass is 16.5. The third-order valence-corrected chi connectivity index (χ3v) is 1.97. The molecule has 4 nitrogen and oxygen atoms in total. The van der Waals surface area contributed by atoms with Crippen molar-refractivity contribution in [1.82, 2.24) is 4.81 Å². The number of carbonyl (C=O) groups excluding carboxylic acids is 1. The number of hydrogen-bond acceptors (Lipinski definition) is 4. The van der Waals surface area contributed by atoms with E-state index in [1.807, 2.05) is 4.81 Å². The predicted molar refractivity (Wildman–Crippen MR) is 46.9 cm³/mol. The fourth-order valence-corrected chi connectivity index (χ4v) is 1.35. The Morgan fingerprint density at radius 3 is 3.25 bits per heavy atom. The van der Waals surface area contributed by atoms with E-state index < -0.39 is 0 Å². The van der Waals surface area contributed by atoms with Crippen molar-refractivity contribution < 1.29 is 14.6 Å². The molecule has 0 bridgehead atoms. The summed E-state index contributed by atoms with van der Waals surface area (Å²) in [6, 6.07) is 0. The molecule has 12 heavy (non-hydrogen) atoms. The maximum atomic E-state index is 10.2. The second-order valence-corrected chi connectivity index (χ2v) is 2.96. The van der Waals surface area contributed by atoms with E-state index in [1.165, 1.54) is 0 Å². The second-order valence-electron chi connectivity index (χ2n) is 2.96. The molecule has 1 unspecified atom stereocenters. The molecular weight excluding hydrogens is 157 g/mol. The molecule has 1 N–H and O–H groups in total. The standard InChI is InChI=1S/C7H14BNO3/c10-5-7-4-9(8-6-11)2-1-3-12-7/h6-8,10H,1-5H2. The number of aliphatic hydroxyl groups excluding tert-OH is 1. The van der Waals surface area contributed by atoms with Gasteiger partial charge in [0, 0.05) is 13.2 Å². The van der Waals surface area contributed by atoms with Gasteiger partial charge in [-0.1, -0.05) is 0 Å². The summed E-state index contributed by atoms with van der Waals surface area (Å²) in [6.45, 7) is 2.26. The van der Waals surface area contributed by atoms with Crippen LogP contribution in [-0.2, 0) is 9.53 Å². The smallest absolute Gasteiger partial charge is 0.281 e. The van der Waals surface area contributed by atoms with Gasteiger partial charge in [0.05, 0.1) is 18.9 Å². The third-order valence-electron chi connectivity index (χ3n) is 1.97. The maximum absolute atomic E-state index is 10.2. The van der Waals surface area contributed by atoms with Gasteiger partial charge >= 0.3 is 0 Å². The van der Waals surface area contributed by atoms with Crippen molar-refractivity contribution in [2.45, 2.75) is 12.5 Å². The summed E-state index contributed by atoms with van der Waals surface area (Å²) in [4.78, 5) is 12.2. The maximum Gasteiger partial charge on any atom is 0.281 e. The van der Waals surface area contributed by atoms with E-state index in [0.717, 1.165) is 19.2 Å². The van der Waals surface area contributed by atoms with E-state index in [2.05, 4.69) is 0 Å². The molecule has 1 atom stereocenters. The summed E-state index contributed by atoms with van der Waals surface area (Å²) < 4.78 is 5.32. The minimum Gasteiger partial charge on any atom is -0.394 e.